The second-order valence-corrected chi connectivity index (χ2v) is 5.82. The number of hydrogen-bond donors (Lipinski definition) is 0. The Hall–Kier alpha value is -1.88. The predicted octanol–water partition coefficient (Wildman–Crippen LogP) is 1.42. The summed E-state index contributed by atoms with van der Waals surface area (Å²) in [5, 5.41) is 0. The molecule has 0 unspecified atom stereocenters. The zero-order chi connectivity index (χ0) is 15.0. The molecule has 0 spiro atoms. The summed E-state index contributed by atoms with van der Waals surface area (Å²) in [6, 6.07) is 7.62. The number of amides is 2. The first kappa shape index (κ1) is 14.1. The molecule has 1 aromatic rings. The summed E-state index contributed by atoms with van der Waals surface area (Å²) in [6.07, 6.45) is 2.24. The summed E-state index contributed by atoms with van der Waals surface area (Å²) in [5.41, 5.74) is 1.10. The van der Waals surface area contributed by atoms with Crippen molar-refractivity contribution < 1.29 is 14.3 Å². The highest BCUT2D eigenvalue weighted by atomic mass is 16.5. The van der Waals surface area contributed by atoms with Gasteiger partial charge in [-0.3, -0.25) is 19.4 Å². The summed E-state index contributed by atoms with van der Waals surface area (Å²) in [5.74, 6) is 0.765. The smallest absolute Gasteiger partial charge is 0.247 e. The average Bonchev–Trinajstić information content (AvgIpc) is 3.25. The van der Waals surface area contributed by atoms with Gasteiger partial charge in [-0.15, -0.1) is 0 Å². The molecule has 1 saturated carbocycles. The van der Waals surface area contributed by atoms with Crippen LogP contribution in [0.15, 0.2) is 24.3 Å². The number of likely N-dealkylation sites (tertiary alicyclic amines) is 1. The Morgan fingerprint density at radius 3 is 2.48 bits per heavy atom. The second-order valence-electron chi connectivity index (χ2n) is 5.82. The van der Waals surface area contributed by atoms with Crippen molar-refractivity contribution in [2.45, 2.75) is 37.9 Å². The Balaban J connectivity index is 1.66. The van der Waals surface area contributed by atoms with E-state index in [-0.39, 0.29) is 23.9 Å². The maximum atomic E-state index is 12.4. The fraction of sp³-hybridized carbons (Fsp3) is 0.500. The third kappa shape index (κ3) is 2.78. The van der Waals surface area contributed by atoms with Crippen LogP contribution >= 0.6 is 0 Å². The van der Waals surface area contributed by atoms with Crippen LogP contribution in [0.3, 0.4) is 0 Å². The molecule has 3 rings (SSSR count). The van der Waals surface area contributed by atoms with Crippen LogP contribution in [0.5, 0.6) is 5.75 Å². The molecule has 2 amide bonds. The van der Waals surface area contributed by atoms with Gasteiger partial charge in [0.2, 0.25) is 11.8 Å². The molecule has 1 saturated heterocycles. The lowest BCUT2D eigenvalue weighted by atomic mass is 10.1. The summed E-state index contributed by atoms with van der Waals surface area (Å²) < 4.78 is 5.13. The molecule has 0 bridgehead atoms. The Kier molecular flexibility index (Phi) is 3.68. The van der Waals surface area contributed by atoms with Gasteiger partial charge in [-0.2, -0.15) is 0 Å². The first-order valence-corrected chi connectivity index (χ1v) is 7.29. The number of ether oxygens (including phenoxy) is 1. The van der Waals surface area contributed by atoms with E-state index in [1.807, 2.05) is 36.2 Å². The highest BCUT2D eigenvalue weighted by Gasteiger charge is 2.47. The molecule has 1 aliphatic carbocycles. The molecule has 0 radical (unpaired) electrons. The lowest BCUT2D eigenvalue weighted by Crippen LogP contribution is -2.40. The van der Waals surface area contributed by atoms with Crippen LogP contribution in [0.25, 0.3) is 0 Å². The number of benzene rings is 1. The van der Waals surface area contributed by atoms with Crippen LogP contribution < -0.4 is 4.74 Å². The minimum atomic E-state index is -0.319. The molecule has 0 N–H and O–H groups in total. The van der Waals surface area contributed by atoms with Gasteiger partial charge in [-0.25, -0.2) is 0 Å². The predicted molar refractivity (Wildman–Crippen MR) is 77.7 cm³/mol. The van der Waals surface area contributed by atoms with Crippen molar-refractivity contribution in [1.29, 1.82) is 0 Å². The summed E-state index contributed by atoms with van der Waals surface area (Å²) in [7, 11) is 3.53. The summed E-state index contributed by atoms with van der Waals surface area (Å²) >= 11 is 0. The standard InChI is InChI=1S/C16H20N2O3/c1-17(10-11-3-7-13(21-2)8-4-11)14-9-15(19)18(16(14)20)12-5-6-12/h3-4,7-8,12,14H,5-6,9-10H2,1-2H3/t14-/m0/s1. The summed E-state index contributed by atoms with van der Waals surface area (Å²) in [6.45, 7) is 0.645. The number of carbonyl (C=O) groups is 2. The topological polar surface area (TPSA) is 49.9 Å². The Morgan fingerprint density at radius 1 is 1.24 bits per heavy atom. The molecule has 2 aliphatic rings. The molecule has 1 aromatic carbocycles. The molecular weight excluding hydrogens is 268 g/mol. The zero-order valence-electron chi connectivity index (χ0n) is 12.4. The third-order valence-corrected chi connectivity index (χ3v) is 4.19. The van der Waals surface area contributed by atoms with Crippen LogP contribution in [0.2, 0.25) is 0 Å². The zero-order valence-corrected chi connectivity index (χ0v) is 12.4. The molecule has 21 heavy (non-hydrogen) atoms. The number of carbonyl (C=O) groups excluding carboxylic acids is 2. The Morgan fingerprint density at radius 2 is 1.90 bits per heavy atom. The van der Waals surface area contributed by atoms with Crippen molar-refractivity contribution >= 4 is 11.8 Å². The van der Waals surface area contributed by atoms with E-state index in [1.165, 1.54) is 4.90 Å². The van der Waals surface area contributed by atoms with Gasteiger partial charge in [0.05, 0.1) is 19.6 Å². The van der Waals surface area contributed by atoms with Gasteiger partial charge in [0.1, 0.15) is 5.75 Å². The van der Waals surface area contributed by atoms with Crippen molar-refractivity contribution in [2.24, 2.45) is 0 Å². The number of imide groups is 1. The first-order valence-electron chi connectivity index (χ1n) is 7.29. The number of methoxy groups -OCH3 is 1. The van der Waals surface area contributed by atoms with Crippen molar-refractivity contribution in [2.75, 3.05) is 14.2 Å². The molecule has 1 heterocycles. The number of likely N-dealkylation sites (N-methyl/N-ethyl adjacent to an activating group) is 1. The van der Waals surface area contributed by atoms with Gasteiger partial charge in [0.15, 0.2) is 0 Å². The van der Waals surface area contributed by atoms with E-state index in [0.717, 1.165) is 24.2 Å². The molecular formula is C16H20N2O3. The number of rotatable bonds is 5. The quantitative estimate of drug-likeness (QED) is 0.769. The van der Waals surface area contributed by atoms with E-state index in [0.29, 0.717) is 13.0 Å². The van der Waals surface area contributed by atoms with E-state index in [9.17, 15) is 9.59 Å². The Labute approximate surface area is 124 Å². The van der Waals surface area contributed by atoms with Gasteiger partial charge >= 0.3 is 0 Å². The molecule has 5 nitrogen and oxygen atoms in total. The van der Waals surface area contributed by atoms with Gasteiger partial charge in [0, 0.05) is 12.6 Å². The Bertz CT molecular complexity index is 551. The van der Waals surface area contributed by atoms with Crippen molar-refractivity contribution in [3.8, 4) is 5.75 Å². The second kappa shape index (κ2) is 5.48. The lowest BCUT2D eigenvalue weighted by molar-refractivity contribution is -0.140. The maximum Gasteiger partial charge on any atom is 0.247 e. The van der Waals surface area contributed by atoms with Crippen LogP contribution in [-0.2, 0) is 16.1 Å². The van der Waals surface area contributed by atoms with Crippen LogP contribution in [-0.4, -0.2) is 47.9 Å². The van der Waals surface area contributed by atoms with Gasteiger partial charge in [-0.1, -0.05) is 12.1 Å². The van der Waals surface area contributed by atoms with Crippen LogP contribution in [0.4, 0.5) is 0 Å². The third-order valence-electron chi connectivity index (χ3n) is 4.19. The molecule has 1 atom stereocenters. The maximum absolute atomic E-state index is 12.4. The average molecular weight is 288 g/mol. The molecule has 5 heteroatoms. The monoisotopic (exact) mass is 288 g/mol. The minimum Gasteiger partial charge on any atom is -0.497 e. The van der Waals surface area contributed by atoms with E-state index >= 15 is 0 Å². The van der Waals surface area contributed by atoms with E-state index in [2.05, 4.69) is 0 Å². The molecule has 112 valence electrons. The van der Waals surface area contributed by atoms with E-state index in [1.54, 1.807) is 7.11 Å². The van der Waals surface area contributed by atoms with Gasteiger partial charge in [0.25, 0.3) is 0 Å². The van der Waals surface area contributed by atoms with Crippen LogP contribution in [0.1, 0.15) is 24.8 Å². The first-order chi connectivity index (χ1) is 10.1. The minimum absolute atomic E-state index is 0.0194. The van der Waals surface area contributed by atoms with Gasteiger partial charge in [-0.05, 0) is 37.6 Å². The molecule has 1 aliphatic heterocycles. The fourth-order valence-corrected chi connectivity index (χ4v) is 2.82. The molecule has 2 fully saturated rings. The largest absolute Gasteiger partial charge is 0.497 e. The highest BCUT2D eigenvalue weighted by molar-refractivity contribution is 6.06. The van der Waals surface area contributed by atoms with Crippen LogP contribution in [0, 0.1) is 0 Å². The van der Waals surface area contributed by atoms with Crippen molar-refractivity contribution in [1.82, 2.24) is 9.80 Å². The van der Waals surface area contributed by atoms with E-state index in [4.69, 9.17) is 4.74 Å². The van der Waals surface area contributed by atoms with E-state index < -0.39 is 0 Å². The summed E-state index contributed by atoms with van der Waals surface area (Å²) in [4.78, 5) is 27.8. The number of hydrogen-bond acceptors (Lipinski definition) is 4. The number of nitrogens with zero attached hydrogens (tertiary/aromatic N) is 2. The van der Waals surface area contributed by atoms with Crippen molar-refractivity contribution in [3.63, 3.8) is 0 Å². The van der Waals surface area contributed by atoms with Gasteiger partial charge < -0.3 is 4.74 Å². The SMILES string of the molecule is COc1ccc(CN(C)[C@H]2CC(=O)N(C3CC3)C2=O)cc1. The lowest BCUT2D eigenvalue weighted by Gasteiger charge is -2.23. The fourth-order valence-electron chi connectivity index (χ4n) is 2.82. The van der Waals surface area contributed by atoms with Crippen molar-refractivity contribution in [3.05, 3.63) is 29.8 Å². The highest BCUT2D eigenvalue weighted by Crippen LogP contribution is 2.32. The molecule has 0 aromatic heterocycles. The normalized spacial score (nSPS) is 22.2.